The third-order valence-electron chi connectivity index (χ3n) is 3.81. The molecule has 132 valence electrons. The zero-order valence-electron chi connectivity index (χ0n) is 14.6. The van der Waals surface area contributed by atoms with Crippen LogP contribution in [0.1, 0.15) is 20.3 Å². The Morgan fingerprint density at radius 3 is 2.50 bits per heavy atom. The molecule has 0 fully saturated rings. The fourth-order valence-corrected chi connectivity index (χ4v) is 2.94. The summed E-state index contributed by atoms with van der Waals surface area (Å²) in [4.78, 5) is 13.0. The lowest BCUT2D eigenvalue weighted by Crippen LogP contribution is -2.31. The minimum Gasteiger partial charge on any atom is -0.359 e. The smallest absolute Gasteiger partial charge is 0.220 e. The Bertz CT molecular complexity index is 660. The van der Waals surface area contributed by atoms with Crippen molar-refractivity contribution in [3.05, 3.63) is 16.9 Å². The van der Waals surface area contributed by atoms with Crippen molar-refractivity contribution in [1.82, 2.24) is 24.7 Å². The first-order valence-electron chi connectivity index (χ1n) is 7.45. The zero-order chi connectivity index (χ0) is 17.7. The van der Waals surface area contributed by atoms with Crippen LogP contribution in [0.2, 0.25) is 0 Å². The molecule has 0 saturated carbocycles. The average Bonchev–Trinajstić information content (AvgIpc) is 2.95. The second kappa shape index (κ2) is 8.64. The SMILES string of the molecule is CSc1nc(-c2ncc(Br)cn2)nn1COCCC(C)(C)[S+](C)C. The predicted molar refractivity (Wildman–Crippen MR) is 104 cm³/mol. The summed E-state index contributed by atoms with van der Waals surface area (Å²) >= 11 is 4.85. The zero-order valence-corrected chi connectivity index (χ0v) is 17.8. The summed E-state index contributed by atoms with van der Waals surface area (Å²) in [5, 5.41) is 5.26. The molecule has 0 unspecified atom stereocenters. The molecule has 0 spiro atoms. The van der Waals surface area contributed by atoms with Crippen LogP contribution in [0, 0.1) is 0 Å². The number of hydrogen-bond acceptors (Lipinski definition) is 6. The van der Waals surface area contributed by atoms with Gasteiger partial charge in [-0.05, 0) is 46.9 Å². The summed E-state index contributed by atoms with van der Waals surface area (Å²) in [7, 11) is 0.358. The maximum atomic E-state index is 5.82. The maximum Gasteiger partial charge on any atom is 0.220 e. The van der Waals surface area contributed by atoms with E-state index in [2.05, 4.69) is 62.3 Å². The molecule has 0 atom stereocenters. The summed E-state index contributed by atoms with van der Waals surface area (Å²) < 4.78 is 8.70. The van der Waals surface area contributed by atoms with E-state index < -0.39 is 0 Å². The van der Waals surface area contributed by atoms with Crippen LogP contribution in [-0.4, -0.2) is 54.9 Å². The van der Waals surface area contributed by atoms with Gasteiger partial charge in [-0.2, -0.15) is 4.98 Å². The third kappa shape index (κ3) is 5.18. The lowest BCUT2D eigenvalue weighted by atomic mass is 10.1. The molecule has 2 rings (SSSR count). The highest BCUT2D eigenvalue weighted by Crippen LogP contribution is 2.21. The first-order chi connectivity index (χ1) is 11.3. The van der Waals surface area contributed by atoms with E-state index in [1.807, 2.05) is 6.26 Å². The summed E-state index contributed by atoms with van der Waals surface area (Å²) in [6.45, 7) is 5.66. The van der Waals surface area contributed by atoms with Crippen LogP contribution in [0.15, 0.2) is 22.0 Å². The first-order valence-corrected chi connectivity index (χ1v) is 11.5. The van der Waals surface area contributed by atoms with Crippen molar-refractivity contribution in [1.29, 1.82) is 0 Å². The molecule has 2 aromatic heterocycles. The molecule has 2 aromatic rings. The molecule has 24 heavy (non-hydrogen) atoms. The Balaban J connectivity index is 1.99. The molecular formula is C15H23BrN5OS2+. The van der Waals surface area contributed by atoms with E-state index in [1.54, 1.807) is 17.1 Å². The van der Waals surface area contributed by atoms with E-state index in [1.165, 1.54) is 11.8 Å². The molecule has 0 radical (unpaired) electrons. The van der Waals surface area contributed by atoms with Crippen LogP contribution in [-0.2, 0) is 22.4 Å². The summed E-state index contributed by atoms with van der Waals surface area (Å²) in [5.41, 5.74) is 0. The molecule has 0 bridgehead atoms. The molecule has 9 heteroatoms. The molecule has 2 heterocycles. The van der Waals surface area contributed by atoms with Gasteiger partial charge < -0.3 is 4.74 Å². The van der Waals surface area contributed by atoms with E-state index in [4.69, 9.17) is 4.74 Å². The molecule has 0 aliphatic carbocycles. The van der Waals surface area contributed by atoms with Crippen LogP contribution < -0.4 is 0 Å². The van der Waals surface area contributed by atoms with Gasteiger partial charge in [-0.3, -0.25) is 0 Å². The second-order valence-electron chi connectivity index (χ2n) is 6.01. The fourth-order valence-electron chi connectivity index (χ4n) is 1.76. The van der Waals surface area contributed by atoms with E-state index >= 15 is 0 Å². The number of ether oxygens (including phenoxy) is 1. The lowest BCUT2D eigenvalue weighted by Gasteiger charge is -2.20. The minimum absolute atomic E-state index is 0.293. The average molecular weight is 433 g/mol. The van der Waals surface area contributed by atoms with Crippen LogP contribution in [0.25, 0.3) is 11.6 Å². The monoisotopic (exact) mass is 432 g/mol. The summed E-state index contributed by atoms with van der Waals surface area (Å²) in [6, 6.07) is 0. The number of thioether (sulfide) groups is 1. The molecule has 0 aliphatic rings. The van der Waals surface area contributed by atoms with Gasteiger partial charge in [0.25, 0.3) is 0 Å². The van der Waals surface area contributed by atoms with Gasteiger partial charge in [0, 0.05) is 18.8 Å². The van der Waals surface area contributed by atoms with Gasteiger partial charge in [-0.1, -0.05) is 11.8 Å². The van der Waals surface area contributed by atoms with Crippen LogP contribution in [0.4, 0.5) is 0 Å². The number of hydrogen-bond donors (Lipinski definition) is 0. The van der Waals surface area contributed by atoms with Gasteiger partial charge in [0.15, 0.2) is 11.0 Å². The molecule has 6 nitrogen and oxygen atoms in total. The molecule has 0 aliphatic heterocycles. The molecule has 0 amide bonds. The summed E-state index contributed by atoms with van der Waals surface area (Å²) in [6.07, 6.45) is 10.9. The van der Waals surface area contributed by atoms with E-state index in [9.17, 15) is 0 Å². The highest BCUT2D eigenvalue weighted by Gasteiger charge is 2.30. The Morgan fingerprint density at radius 2 is 1.92 bits per heavy atom. The van der Waals surface area contributed by atoms with Gasteiger partial charge in [0.1, 0.15) is 11.5 Å². The van der Waals surface area contributed by atoms with Crippen LogP contribution >= 0.6 is 27.7 Å². The van der Waals surface area contributed by atoms with Crippen LogP contribution in [0.5, 0.6) is 0 Å². The van der Waals surface area contributed by atoms with Crippen molar-refractivity contribution in [2.75, 3.05) is 25.4 Å². The quantitative estimate of drug-likeness (QED) is 0.362. The van der Waals surface area contributed by atoms with Crippen molar-refractivity contribution in [2.24, 2.45) is 0 Å². The topological polar surface area (TPSA) is 65.7 Å². The standard InChI is InChI=1S/C15H23BrN5OS2/c1-15(2,24(4)5)6-7-22-10-21-14(23-3)19-13(20-21)12-17-8-11(16)9-18-12/h8-9H,6-7,10H2,1-5H3/q+1. The lowest BCUT2D eigenvalue weighted by molar-refractivity contribution is 0.0576. The largest absolute Gasteiger partial charge is 0.359 e. The van der Waals surface area contributed by atoms with Crippen molar-refractivity contribution in [3.63, 3.8) is 0 Å². The number of halogens is 1. The molecule has 0 aromatic carbocycles. The van der Waals surface area contributed by atoms with E-state index in [0.29, 0.717) is 40.6 Å². The maximum absolute atomic E-state index is 5.82. The highest BCUT2D eigenvalue weighted by atomic mass is 79.9. The van der Waals surface area contributed by atoms with Crippen molar-refractivity contribution in [3.8, 4) is 11.6 Å². The highest BCUT2D eigenvalue weighted by molar-refractivity contribution is 9.10. The minimum atomic E-state index is 0.293. The van der Waals surface area contributed by atoms with Crippen molar-refractivity contribution in [2.45, 2.75) is 36.9 Å². The Morgan fingerprint density at radius 1 is 1.25 bits per heavy atom. The third-order valence-corrected chi connectivity index (χ3v) is 7.30. The number of rotatable bonds is 8. The fraction of sp³-hybridized carbons (Fsp3) is 0.600. The van der Waals surface area contributed by atoms with Gasteiger partial charge in [0.05, 0.1) is 23.6 Å². The van der Waals surface area contributed by atoms with Gasteiger partial charge in [-0.15, -0.1) is 5.10 Å². The Hall–Kier alpha value is -0.640. The normalized spacial score (nSPS) is 12.1. The van der Waals surface area contributed by atoms with Crippen LogP contribution in [0.3, 0.4) is 0 Å². The Labute approximate surface area is 158 Å². The first kappa shape index (κ1) is 19.7. The number of aromatic nitrogens is 5. The molecule has 0 saturated heterocycles. The van der Waals surface area contributed by atoms with Gasteiger partial charge in [-0.25, -0.2) is 14.6 Å². The van der Waals surface area contributed by atoms with Gasteiger partial charge >= 0.3 is 0 Å². The Kier molecular flexibility index (Phi) is 7.09. The predicted octanol–water partition coefficient (Wildman–Crippen LogP) is 3.24. The molecular weight excluding hydrogens is 410 g/mol. The van der Waals surface area contributed by atoms with Crippen molar-refractivity contribution >= 4 is 38.6 Å². The van der Waals surface area contributed by atoms with Gasteiger partial charge in [0.2, 0.25) is 5.82 Å². The number of nitrogens with zero attached hydrogens (tertiary/aromatic N) is 5. The van der Waals surface area contributed by atoms with E-state index in [-0.39, 0.29) is 0 Å². The second-order valence-corrected chi connectivity index (χ2v) is 10.4. The summed E-state index contributed by atoms with van der Waals surface area (Å²) in [5.74, 6) is 1.02. The van der Waals surface area contributed by atoms with E-state index in [0.717, 1.165) is 16.0 Å². The van der Waals surface area contributed by atoms with Crippen molar-refractivity contribution < 1.29 is 4.74 Å². The molecule has 0 N–H and O–H groups in total.